The van der Waals surface area contributed by atoms with Crippen molar-refractivity contribution in [2.24, 2.45) is 23.7 Å². The molecule has 3 nitrogen and oxygen atoms in total. The first-order valence-corrected chi connectivity index (χ1v) is 7.78. The van der Waals surface area contributed by atoms with Gasteiger partial charge in [-0.3, -0.25) is 4.79 Å². The molecule has 1 saturated heterocycles. The van der Waals surface area contributed by atoms with Crippen LogP contribution in [0.2, 0.25) is 0 Å². The monoisotopic (exact) mass is 268 g/mol. The summed E-state index contributed by atoms with van der Waals surface area (Å²) in [6, 6.07) is 0. The van der Waals surface area contributed by atoms with E-state index in [2.05, 4.69) is 27.7 Å². The van der Waals surface area contributed by atoms with Gasteiger partial charge in [0.05, 0.1) is 18.8 Å². The van der Waals surface area contributed by atoms with E-state index in [1.807, 2.05) is 0 Å². The number of hydrogen-bond acceptors (Lipinski definition) is 3. The Morgan fingerprint density at radius 2 is 1.95 bits per heavy atom. The third kappa shape index (κ3) is 4.20. The molecular weight excluding hydrogens is 240 g/mol. The zero-order valence-corrected chi connectivity index (χ0v) is 12.7. The third-order valence-electron chi connectivity index (χ3n) is 5.03. The molecule has 1 heterocycles. The number of rotatable bonds is 6. The second-order valence-electron chi connectivity index (χ2n) is 6.86. The van der Waals surface area contributed by atoms with Crippen molar-refractivity contribution in [3.05, 3.63) is 0 Å². The van der Waals surface area contributed by atoms with Crippen LogP contribution in [0.3, 0.4) is 0 Å². The summed E-state index contributed by atoms with van der Waals surface area (Å²) in [4.78, 5) is 11.9. The highest BCUT2D eigenvalue weighted by Gasteiger charge is 2.44. The van der Waals surface area contributed by atoms with Crippen LogP contribution < -0.4 is 0 Å². The lowest BCUT2D eigenvalue weighted by molar-refractivity contribution is -0.146. The van der Waals surface area contributed by atoms with E-state index in [4.69, 9.17) is 9.47 Å². The highest BCUT2D eigenvalue weighted by molar-refractivity contribution is 5.69. The van der Waals surface area contributed by atoms with Crippen molar-refractivity contribution in [3.8, 4) is 0 Å². The fourth-order valence-electron chi connectivity index (χ4n) is 3.01. The second kappa shape index (κ2) is 6.25. The lowest BCUT2D eigenvalue weighted by atomic mass is 9.84. The van der Waals surface area contributed by atoms with Gasteiger partial charge in [0.15, 0.2) is 0 Å². The van der Waals surface area contributed by atoms with Gasteiger partial charge in [0, 0.05) is 6.42 Å². The molecule has 1 aliphatic heterocycles. The normalized spacial score (nSPS) is 32.6. The second-order valence-corrected chi connectivity index (χ2v) is 6.86. The third-order valence-corrected chi connectivity index (χ3v) is 5.03. The molecule has 2 aliphatic rings. The van der Waals surface area contributed by atoms with E-state index in [1.54, 1.807) is 0 Å². The predicted octanol–water partition coefficient (Wildman–Crippen LogP) is 3.42. The van der Waals surface area contributed by atoms with Gasteiger partial charge in [0.1, 0.15) is 0 Å². The van der Waals surface area contributed by atoms with Crippen molar-refractivity contribution < 1.29 is 14.3 Å². The van der Waals surface area contributed by atoms with Gasteiger partial charge in [-0.25, -0.2) is 0 Å². The average Bonchev–Trinajstić information content (AvgIpc) is 3.13. The molecule has 4 unspecified atom stereocenters. The minimum Gasteiger partial charge on any atom is -0.465 e. The predicted molar refractivity (Wildman–Crippen MR) is 74.7 cm³/mol. The molecule has 1 saturated carbocycles. The largest absolute Gasteiger partial charge is 0.465 e. The molecule has 0 bridgehead atoms. The maximum absolute atomic E-state index is 11.9. The van der Waals surface area contributed by atoms with Gasteiger partial charge in [0.2, 0.25) is 0 Å². The van der Waals surface area contributed by atoms with Gasteiger partial charge in [-0.1, -0.05) is 27.7 Å². The number of esters is 1. The Kier molecular flexibility index (Phi) is 4.88. The fourth-order valence-corrected chi connectivity index (χ4v) is 3.01. The first-order chi connectivity index (χ1) is 8.97. The lowest BCUT2D eigenvalue weighted by Gasteiger charge is -2.23. The van der Waals surface area contributed by atoms with Crippen LogP contribution >= 0.6 is 0 Å². The van der Waals surface area contributed by atoms with Crippen LogP contribution in [0.25, 0.3) is 0 Å². The smallest absolute Gasteiger partial charge is 0.306 e. The van der Waals surface area contributed by atoms with Gasteiger partial charge >= 0.3 is 5.97 Å². The molecule has 0 N–H and O–H groups in total. The average molecular weight is 268 g/mol. The molecule has 0 aromatic heterocycles. The maximum atomic E-state index is 11.9. The van der Waals surface area contributed by atoms with E-state index in [0.717, 1.165) is 19.3 Å². The van der Waals surface area contributed by atoms with E-state index < -0.39 is 0 Å². The van der Waals surface area contributed by atoms with Crippen molar-refractivity contribution in [2.75, 3.05) is 6.61 Å². The van der Waals surface area contributed by atoms with E-state index in [9.17, 15) is 4.79 Å². The van der Waals surface area contributed by atoms with Crippen molar-refractivity contribution >= 4 is 5.97 Å². The summed E-state index contributed by atoms with van der Waals surface area (Å²) < 4.78 is 11.0. The highest BCUT2D eigenvalue weighted by atomic mass is 16.6. The Balaban J connectivity index is 1.63. The summed E-state index contributed by atoms with van der Waals surface area (Å²) in [6.07, 6.45) is 4.92. The molecule has 3 heteroatoms. The summed E-state index contributed by atoms with van der Waals surface area (Å²) in [5.74, 6) is 2.06. The maximum Gasteiger partial charge on any atom is 0.306 e. The first kappa shape index (κ1) is 14.8. The quantitative estimate of drug-likeness (QED) is 0.547. The molecule has 2 rings (SSSR count). The Hall–Kier alpha value is -0.570. The molecule has 19 heavy (non-hydrogen) atoms. The van der Waals surface area contributed by atoms with Crippen LogP contribution in [0, 0.1) is 23.7 Å². The van der Waals surface area contributed by atoms with E-state index in [1.165, 1.54) is 0 Å². The van der Waals surface area contributed by atoms with Gasteiger partial charge in [0.25, 0.3) is 0 Å². The lowest BCUT2D eigenvalue weighted by Crippen LogP contribution is -2.23. The summed E-state index contributed by atoms with van der Waals surface area (Å²) in [7, 11) is 0. The van der Waals surface area contributed by atoms with Crippen molar-refractivity contribution in [3.63, 3.8) is 0 Å². The highest BCUT2D eigenvalue weighted by Crippen LogP contribution is 2.39. The van der Waals surface area contributed by atoms with Crippen molar-refractivity contribution in [1.29, 1.82) is 0 Å². The van der Waals surface area contributed by atoms with Crippen LogP contribution in [-0.4, -0.2) is 24.8 Å². The number of ether oxygens (including phenoxy) is 2. The Labute approximate surface area is 117 Å². The van der Waals surface area contributed by atoms with E-state index in [-0.39, 0.29) is 5.97 Å². The van der Waals surface area contributed by atoms with E-state index >= 15 is 0 Å². The molecule has 2 fully saturated rings. The molecule has 0 amide bonds. The van der Waals surface area contributed by atoms with Crippen LogP contribution in [0.4, 0.5) is 0 Å². The number of carbonyl (C=O) groups excluding carboxylic acids is 1. The zero-order valence-electron chi connectivity index (χ0n) is 12.7. The van der Waals surface area contributed by atoms with Crippen LogP contribution in [0.15, 0.2) is 0 Å². The van der Waals surface area contributed by atoms with Gasteiger partial charge in [-0.05, 0) is 42.9 Å². The molecule has 0 radical (unpaired) electrons. The summed E-state index contributed by atoms with van der Waals surface area (Å²) in [5, 5.41) is 0. The Bertz CT molecular complexity index is 313. The topological polar surface area (TPSA) is 38.8 Å². The minimum atomic E-state index is -0.0289. The molecule has 0 aromatic rings. The first-order valence-electron chi connectivity index (χ1n) is 7.78. The molecule has 5 atom stereocenters. The molecular formula is C16H28O3. The number of hydrogen-bond donors (Lipinski definition) is 0. The summed E-state index contributed by atoms with van der Waals surface area (Å²) in [5.41, 5.74) is 0. The Morgan fingerprint density at radius 1 is 1.21 bits per heavy atom. The van der Waals surface area contributed by atoms with Gasteiger partial charge in [-0.2, -0.15) is 0 Å². The van der Waals surface area contributed by atoms with Crippen LogP contribution in [0.5, 0.6) is 0 Å². The van der Waals surface area contributed by atoms with Crippen LogP contribution in [-0.2, 0) is 14.3 Å². The van der Waals surface area contributed by atoms with E-state index in [0.29, 0.717) is 48.9 Å². The standard InChI is InChI=1S/C16H28O3/c1-10(2)12(4)11(3)7-16(17)18-9-13-5-6-14-15(8-13)19-14/h10-15H,5-9H2,1-4H3/t11?,12?,13-,14?,15?/m0/s1. The summed E-state index contributed by atoms with van der Waals surface area (Å²) >= 11 is 0. The molecule has 0 aromatic carbocycles. The minimum absolute atomic E-state index is 0.0289. The van der Waals surface area contributed by atoms with Crippen LogP contribution in [0.1, 0.15) is 53.4 Å². The number of carbonyl (C=O) groups is 1. The number of fused-ring (bicyclic) bond motifs is 1. The molecule has 0 spiro atoms. The van der Waals surface area contributed by atoms with Gasteiger partial charge in [-0.15, -0.1) is 0 Å². The molecule has 110 valence electrons. The molecule has 1 aliphatic carbocycles. The zero-order chi connectivity index (χ0) is 14.0. The fraction of sp³-hybridized carbons (Fsp3) is 0.938. The summed E-state index contributed by atoms with van der Waals surface area (Å²) in [6.45, 7) is 9.37. The van der Waals surface area contributed by atoms with Crippen molar-refractivity contribution in [1.82, 2.24) is 0 Å². The Morgan fingerprint density at radius 3 is 2.58 bits per heavy atom. The SMILES string of the molecule is CC(C)C(C)C(C)CC(=O)OC[C@H]1CCC2OC2C1. The number of epoxide rings is 1. The van der Waals surface area contributed by atoms with Gasteiger partial charge < -0.3 is 9.47 Å². The van der Waals surface area contributed by atoms with Crippen molar-refractivity contribution in [2.45, 2.75) is 65.6 Å².